The van der Waals surface area contributed by atoms with Crippen molar-refractivity contribution in [2.75, 3.05) is 13.6 Å². The van der Waals surface area contributed by atoms with Crippen molar-refractivity contribution in [1.82, 2.24) is 10.2 Å². The van der Waals surface area contributed by atoms with Gasteiger partial charge in [-0.25, -0.2) is 4.79 Å². The molecule has 18 heavy (non-hydrogen) atoms. The third-order valence-corrected chi connectivity index (χ3v) is 3.63. The predicted molar refractivity (Wildman–Crippen MR) is 73.3 cm³/mol. The van der Waals surface area contributed by atoms with Crippen molar-refractivity contribution in [3.05, 3.63) is 35.9 Å². The maximum Gasteiger partial charge on any atom is 0.317 e. The van der Waals surface area contributed by atoms with E-state index in [1.165, 1.54) is 25.7 Å². The van der Waals surface area contributed by atoms with E-state index in [0.717, 1.165) is 12.1 Å². The normalized spacial score (nSPS) is 15.6. The monoisotopic (exact) mass is 246 g/mol. The van der Waals surface area contributed by atoms with Crippen LogP contribution < -0.4 is 5.32 Å². The van der Waals surface area contributed by atoms with Gasteiger partial charge < -0.3 is 10.2 Å². The van der Waals surface area contributed by atoms with Gasteiger partial charge in [0.25, 0.3) is 0 Å². The average molecular weight is 246 g/mol. The van der Waals surface area contributed by atoms with Crippen molar-refractivity contribution in [3.63, 3.8) is 0 Å². The minimum atomic E-state index is 0.0331. The highest BCUT2D eigenvalue weighted by atomic mass is 16.2. The van der Waals surface area contributed by atoms with E-state index in [1.807, 2.05) is 37.4 Å². The fourth-order valence-electron chi connectivity index (χ4n) is 2.51. The van der Waals surface area contributed by atoms with Crippen LogP contribution in [0.4, 0.5) is 4.79 Å². The molecule has 1 aromatic rings. The molecule has 1 aliphatic carbocycles. The molecule has 0 unspecified atom stereocenters. The van der Waals surface area contributed by atoms with Gasteiger partial charge in [-0.1, -0.05) is 43.2 Å². The minimum absolute atomic E-state index is 0.0331. The zero-order valence-electron chi connectivity index (χ0n) is 11.1. The lowest BCUT2D eigenvalue weighted by atomic mass is 10.1. The van der Waals surface area contributed by atoms with Crippen LogP contribution in [0.3, 0.4) is 0 Å². The fraction of sp³-hybridized carbons (Fsp3) is 0.533. The van der Waals surface area contributed by atoms with Crippen LogP contribution >= 0.6 is 0 Å². The lowest BCUT2D eigenvalue weighted by Crippen LogP contribution is -2.38. The Morgan fingerprint density at radius 2 is 1.94 bits per heavy atom. The second kappa shape index (κ2) is 6.43. The van der Waals surface area contributed by atoms with Gasteiger partial charge in [-0.05, 0) is 24.3 Å². The van der Waals surface area contributed by atoms with Crippen molar-refractivity contribution in [3.8, 4) is 0 Å². The van der Waals surface area contributed by atoms with Crippen LogP contribution in [0.1, 0.15) is 31.2 Å². The molecule has 0 aliphatic heterocycles. The Morgan fingerprint density at radius 3 is 2.61 bits per heavy atom. The molecule has 0 aromatic heterocycles. The molecule has 1 aliphatic rings. The molecule has 1 saturated carbocycles. The second-order valence-corrected chi connectivity index (χ2v) is 5.18. The van der Waals surface area contributed by atoms with Crippen molar-refractivity contribution >= 4 is 6.03 Å². The molecule has 2 amide bonds. The molecule has 0 heterocycles. The van der Waals surface area contributed by atoms with Crippen molar-refractivity contribution in [2.45, 2.75) is 32.2 Å². The van der Waals surface area contributed by atoms with Crippen LogP contribution in [0.25, 0.3) is 0 Å². The first kappa shape index (κ1) is 12.9. The molecule has 1 N–H and O–H groups in total. The van der Waals surface area contributed by atoms with Gasteiger partial charge in [0.15, 0.2) is 0 Å². The van der Waals surface area contributed by atoms with Crippen LogP contribution in [0.2, 0.25) is 0 Å². The van der Waals surface area contributed by atoms with Gasteiger partial charge in [0, 0.05) is 20.1 Å². The zero-order chi connectivity index (χ0) is 12.8. The molecule has 1 fully saturated rings. The van der Waals surface area contributed by atoms with Crippen molar-refractivity contribution < 1.29 is 4.79 Å². The van der Waals surface area contributed by atoms with Crippen molar-refractivity contribution in [2.24, 2.45) is 5.92 Å². The van der Waals surface area contributed by atoms with Crippen molar-refractivity contribution in [1.29, 1.82) is 0 Å². The highest BCUT2D eigenvalue weighted by molar-refractivity contribution is 5.73. The molecular formula is C15H22N2O. The van der Waals surface area contributed by atoms with Crippen LogP contribution in [0.15, 0.2) is 30.3 Å². The lowest BCUT2D eigenvalue weighted by Gasteiger charge is -2.19. The maximum absolute atomic E-state index is 11.9. The number of benzene rings is 1. The summed E-state index contributed by atoms with van der Waals surface area (Å²) in [6.45, 7) is 1.50. The number of urea groups is 1. The van der Waals surface area contributed by atoms with E-state index >= 15 is 0 Å². The lowest BCUT2D eigenvalue weighted by molar-refractivity contribution is 0.205. The summed E-state index contributed by atoms with van der Waals surface area (Å²) in [6, 6.07) is 10.1. The molecule has 0 bridgehead atoms. The SMILES string of the molecule is CN(Cc1ccccc1)C(=O)NCC1CCCC1. The Labute approximate surface area is 109 Å². The number of carbonyl (C=O) groups excluding carboxylic acids is 1. The zero-order valence-corrected chi connectivity index (χ0v) is 11.1. The van der Waals surface area contributed by atoms with E-state index in [-0.39, 0.29) is 6.03 Å². The molecule has 0 atom stereocenters. The molecule has 0 saturated heterocycles. The standard InChI is InChI=1S/C15H22N2O/c1-17(12-14-9-3-2-4-10-14)15(18)16-11-13-7-5-6-8-13/h2-4,9-10,13H,5-8,11-12H2,1H3,(H,16,18). The summed E-state index contributed by atoms with van der Waals surface area (Å²) in [4.78, 5) is 13.7. The number of hydrogen-bond donors (Lipinski definition) is 1. The van der Waals surface area contributed by atoms with Gasteiger partial charge in [0.2, 0.25) is 0 Å². The van der Waals surface area contributed by atoms with Crippen LogP contribution in [-0.4, -0.2) is 24.5 Å². The molecule has 0 radical (unpaired) electrons. The van der Waals surface area contributed by atoms with Crippen LogP contribution in [-0.2, 0) is 6.54 Å². The third kappa shape index (κ3) is 3.76. The van der Waals surface area contributed by atoms with Crippen LogP contribution in [0.5, 0.6) is 0 Å². The summed E-state index contributed by atoms with van der Waals surface area (Å²) in [5.41, 5.74) is 1.16. The molecule has 0 spiro atoms. The van der Waals surface area contributed by atoms with Gasteiger partial charge in [0.1, 0.15) is 0 Å². The molecule has 3 heteroatoms. The number of rotatable bonds is 4. The second-order valence-electron chi connectivity index (χ2n) is 5.18. The van der Waals surface area contributed by atoms with Gasteiger partial charge in [-0.15, -0.1) is 0 Å². The largest absolute Gasteiger partial charge is 0.338 e. The smallest absolute Gasteiger partial charge is 0.317 e. The Balaban J connectivity index is 1.74. The first-order valence-corrected chi connectivity index (χ1v) is 6.78. The number of carbonyl (C=O) groups is 1. The van der Waals surface area contributed by atoms with Gasteiger partial charge >= 0.3 is 6.03 Å². The first-order valence-electron chi connectivity index (χ1n) is 6.78. The quantitative estimate of drug-likeness (QED) is 0.870. The summed E-state index contributed by atoms with van der Waals surface area (Å²) < 4.78 is 0. The first-order chi connectivity index (χ1) is 8.75. The molecular weight excluding hydrogens is 224 g/mol. The average Bonchev–Trinajstić information content (AvgIpc) is 2.90. The minimum Gasteiger partial charge on any atom is -0.338 e. The number of amides is 2. The summed E-state index contributed by atoms with van der Waals surface area (Å²) in [6.07, 6.45) is 5.17. The highest BCUT2D eigenvalue weighted by Gasteiger charge is 2.16. The Kier molecular flexibility index (Phi) is 4.62. The van der Waals surface area contributed by atoms with E-state index in [1.54, 1.807) is 4.90 Å². The van der Waals surface area contributed by atoms with E-state index in [9.17, 15) is 4.79 Å². The number of nitrogens with one attached hydrogen (secondary N) is 1. The molecule has 98 valence electrons. The molecule has 2 rings (SSSR count). The number of nitrogens with zero attached hydrogens (tertiary/aromatic N) is 1. The topological polar surface area (TPSA) is 32.3 Å². The summed E-state index contributed by atoms with van der Waals surface area (Å²) in [7, 11) is 1.84. The Bertz CT molecular complexity index is 371. The highest BCUT2D eigenvalue weighted by Crippen LogP contribution is 2.23. The van der Waals surface area contributed by atoms with E-state index in [0.29, 0.717) is 12.5 Å². The van der Waals surface area contributed by atoms with Gasteiger partial charge in [-0.2, -0.15) is 0 Å². The summed E-state index contributed by atoms with van der Waals surface area (Å²) in [5, 5.41) is 3.03. The van der Waals surface area contributed by atoms with Gasteiger partial charge in [-0.3, -0.25) is 0 Å². The van der Waals surface area contributed by atoms with E-state index in [4.69, 9.17) is 0 Å². The Hall–Kier alpha value is -1.51. The number of hydrogen-bond acceptors (Lipinski definition) is 1. The van der Waals surface area contributed by atoms with E-state index < -0.39 is 0 Å². The summed E-state index contributed by atoms with van der Waals surface area (Å²) >= 11 is 0. The van der Waals surface area contributed by atoms with Crippen LogP contribution in [0, 0.1) is 5.92 Å². The molecule has 3 nitrogen and oxygen atoms in total. The maximum atomic E-state index is 11.9. The van der Waals surface area contributed by atoms with Gasteiger partial charge in [0.05, 0.1) is 0 Å². The van der Waals surface area contributed by atoms with E-state index in [2.05, 4.69) is 5.32 Å². The fourth-order valence-corrected chi connectivity index (χ4v) is 2.51. The third-order valence-electron chi connectivity index (χ3n) is 3.63. The summed E-state index contributed by atoms with van der Waals surface area (Å²) in [5.74, 6) is 0.694. The Morgan fingerprint density at radius 1 is 1.28 bits per heavy atom. The predicted octanol–water partition coefficient (Wildman–Crippen LogP) is 3.02. The molecule has 1 aromatic carbocycles.